The Kier molecular flexibility index (Phi) is 6.17. The summed E-state index contributed by atoms with van der Waals surface area (Å²) in [6.45, 7) is 2.06. The summed E-state index contributed by atoms with van der Waals surface area (Å²) in [5.74, 6) is -0.607. The third-order valence-electron chi connectivity index (χ3n) is 3.21. The van der Waals surface area contributed by atoms with E-state index in [1.165, 1.54) is 43.5 Å². The molecule has 2 rings (SSSR count). The number of rotatable bonds is 8. The number of carboxylic acid groups (broad SMARTS) is 1. The van der Waals surface area contributed by atoms with E-state index < -0.39 is 15.8 Å². The monoisotopic (exact) mass is 381 g/mol. The Morgan fingerprint density at radius 3 is 2.38 bits per heavy atom. The van der Waals surface area contributed by atoms with Crippen molar-refractivity contribution in [1.29, 1.82) is 0 Å². The van der Waals surface area contributed by atoms with Gasteiger partial charge in [-0.15, -0.1) is 0 Å². The zero-order valence-electron chi connectivity index (χ0n) is 14.5. The van der Waals surface area contributed by atoms with Gasteiger partial charge in [0.2, 0.25) is 5.88 Å². The largest absolute Gasteiger partial charge is 0.477 e. The van der Waals surface area contributed by atoms with Gasteiger partial charge in [0.15, 0.2) is 15.5 Å². The van der Waals surface area contributed by atoms with E-state index in [1.54, 1.807) is 6.92 Å². The lowest BCUT2D eigenvalue weighted by atomic mass is 10.3. The summed E-state index contributed by atoms with van der Waals surface area (Å²) < 4.78 is 39.1. The molecule has 0 saturated carbocycles. The van der Waals surface area contributed by atoms with E-state index in [0.717, 1.165) is 6.26 Å². The molecule has 8 nitrogen and oxygen atoms in total. The van der Waals surface area contributed by atoms with E-state index >= 15 is 0 Å². The van der Waals surface area contributed by atoms with Crippen LogP contribution in [0.1, 0.15) is 17.4 Å². The number of carboxylic acids is 1. The predicted octanol–water partition coefficient (Wildman–Crippen LogP) is 2.39. The number of methoxy groups -OCH3 is 1. The summed E-state index contributed by atoms with van der Waals surface area (Å²) in [6.07, 6.45) is 0.772. The van der Waals surface area contributed by atoms with Crippen LogP contribution >= 0.6 is 0 Å². The maximum atomic E-state index is 11.5. The lowest BCUT2D eigenvalue weighted by molar-refractivity contribution is 0.0682. The molecule has 1 N–H and O–H groups in total. The quantitative estimate of drug-likeness (QED) is 0.742. The Labute approximate surface area is 151 Å². The van der Waals surface area contributed by atoms with Gasteiger partial charge in [-0.25, -0.2) is 18.2 Å². The molecular weight excluding hydrogens is 362 g/mol. The van der Waals surface area contributed by atoms with Crippen LogP contribution in [0.3, 0.4) is 0 Å². The maximum absolute atomic E-state index is 11.5. The second-order valence-corrected chi connectivity index (χ2v) is 7.58. The van der Waals surface area contributed by atoms with E-state index in [1.807, 2.05) is 0 Å². The smallest absolute Gasteiger partial charge is 0.354 e. The highest BCUT2D eigenvalue weighted by Gasteiger charge is 2.14. The average Bonchev–Trinajstić information content (AvgIpc) is 2.54. The molecule has 9 heteroatoms. The third kappa shape index (κ3) is 5.43. The second kappa shape index (κ2) is 8.15. The fourth-order valence-corrected chi connectivity index (χ4v) is 2.71. The number of aromatic nitrogens is 1. The van der Waals surface area contributed by atoms with Crippen molar-refractivity contribution in [1.82, 2.24) is 4.98 Å². The van der Waals surface area contributed by atoms with Crippen molar-refractivity contribution >= 4 is 15.8 Å². The number of sulfone groups is 1. The highest BCUT2D eigenvalue weighted by Crippen LogP contribution is 2.27. The molecule has 0 fully saturated rings. The molecule has 0 radical (unpaired) electrons. The number of hydrogen-bond donors (Lipinski definition) is 1. The lowest BCUT2D eigenvalue weighted by Crippen LogP contribution is -2.19. The van der Waals surface area contributed by atoms with Crippen LogP contribution in [-0.2, 0) is 14.6 Å². The molecule has 1 aromatic heterocycles. The highest BCUT2D eigenvalue weighted by molar-refractivity contribution is 7.90. The molecule has 0 amide bonds. The van der Waals surface area contributed by atoms with Crippen molar-refractivity contribution in [2.24, 2.45) is 0 Å². The number of benzene rings is 1. The molecule has 0 aliphatic heterocycles. The number of hydrogen-bond acceptors (Lipinski definition) is 7. The first kappa shape index (κ1) is 19.7. The van der Waals surface area contributed by atoms with Crippen LogP contribution in [0.15, 0.2) is 41.3 Å². The van der Waals surface area contributed by atoms with Crippen LogP contribution in [0, 0.1) is 0 Å². The summed E-state index contributed by atoms with van der Waals surface area (Å²) in [5.41, 5.74) is -0.241. The molecule has 26 heavy (non-hydrogen) atoms. The Morgan fingerprint density at radius 2 is 1.85 bits per heavy atom. The predicted molar refractivity (Wildman–Crippen MR) is 92.8 cm³/mol. The number of nitrogens with zero attached hydrogens (tertiary/aromatic N) is 1. The van der Waals surface area contributed by atoms with Crippen molar-refractivity contribution in [2.45, 2.75) is 17.9 Å². The summed E-state index contributed by atoms with van der Waals surface area (Å²) >= 11 is 0. The molecule has 140 valence electrons. The van der Waals surface area contributed by atoms with Gasteiger partial charge in [-0.1, -0.05) is 0 Å². The van der Waals surface area contributed by atoms with Gasteiger partial charge in [-0.2, -0.15) is 0 Å². The fraction of sp³-hybridized carbons (Fsp3) is 0.294. The Balaban J connectivity index is 2.27. The van der Waals surface area contributed by atoms with E-state index in [9.17, 15) is 18.3 Å². The van der Waals surface area contributed by atoms with Gasteiger partial charge < -0.3 is 19.3 Å². The Morgan fingerprint density at radius 1 is 1.19 bits per heavy atom. The first-order valence-electron chi connectivity index (χ1n) is 7.58. The molecule has 2 aromatic rings. The number of ether oxygens (including phenoxy) is 3. The highest BCUT2D eigenvalue weighted by atomic mass is 32.2. The van der Waals surface area contributed by atoms with Crippen molar-refractivity contribution < 1.29 is 32.5 Å². The van der Waals surface area contributed by atoms with Gasteiger partial charge in [0.1, 0.15) is 17.6 Å². The topological polar surface area (TPSA) is 112 Å². The zero-order chi connectivity index (χ0) is 19.3. The van der Waals surface area contributed by atoms with Crippen LogP contribution < -0.4 is 9.47 Å². The number of carbonyl (C=O) groups is 1. The second-order valence-electron chi connectivity index (χ2n) is 5.56. The van der Waals surface area contributed by atoms with Gasteiger partial charge in [-0.05, 0) is 31.2 Å². The minimum Gasteiger partial charge on any atom is -0.477 e. The molecular formula is C17H19NO7S. The summed E-state index contributed by atoms with van der Waals surface area (Å²) in [5, 5.41) is 9.20. The van der Waals surface area contributed by atoms with Gasteiger partial charge in [0.25, 0.3) is 0 Å². The molecule has 1 atom stereocenters. The van der Waals surface area contributed by atoms with Crippen LogP contribution in [0.5, 0.6) is 17.4 Å². The molecule has 0 aliphatic rings. The van der Waals surface area contributed by atoms with Crippen molar-refractivity contribution in [3.63, 3.8) is 0 Å². The minimum absolute atomic E-state index is 0.0807. The molecule has 0 bridgehead atoms. The molecule has 0 aliphatic carbocycles. The number of pyridine rings is 1. The number of aromatic carboxylic acids is 1. The maximum Gasteiger partial charge on any atom is 0.354 e. The minimum atomic E-state index is -3.31. The SMILES string of the molecule is COCC(C)Oc1cc(Oc2ccc(S(C)(=O)=O)cc2)cc(C(=O)O)n1. The first-order valence-corrected chi connectivity index (χ1v) is 9.47. The summed E-state index contributed by atoms with van der Waals surface area (Å²) in [7, 11) is -1.79. The van der Waals surface area contributed by atoms with Crippen molar-refractivity contribution in [3.05, 3.63) is 42.1 Å². The average molecular weight is 381 g/mol. The molecule has 0 spiro atoms. The third-order valence-corrected chi connectivity index (χ3v) is 4.33. The van der Waals surface area contributed by atoms with Gasteiger partial charge >= 0.3 is 5.97 Å². The van der Waals surface area contributed by atoms with Gasteiger partial charge in [0, 0.05) is 25.5 Å². The molecule has 0 saturated heterocycles. The first-order chi connectivity index (χ1) is 12.2. The van der Waals surface area contributed by atoms with E-state index in [2.05, 4.69) is 4.98 Å². The van der Waals surface area contributed by atoms with Crippen LogP contribution in [-0.4, -0.2) is 50.6 Å². The van der Waals surface area contributed by atoms with Gasteiger partial charge in [0.05, 0.1) is 11.5 Å². The van der Waals surface area contributed by atoms with Gasteiger partial charge in [-0.3, -0.25) is 0 Å². The molecule has 1 unspecified atom stereocenters. The lowest BCUT2D eigenvalue weighted by Gasteiger charge is -2.14. The van der Waals surface area contributed by atoms with E-state index in [-0.39, 0.29) is 28.3 Å². The standard InChI is InChI=1S/C17H19NO7S/c1-11(10-23-2)24-16-9-13(8-15(18-16)17(19)20)25-12-4-6-14(7-5-12)26(3,21)22/h4-9,11H,10H2,1-3H3,(H,19,20). The fourth-order valence-electron chi connectivity index (χ4n) is 2.08. The van der Waals surface area contributed by atoms with Crippen LogP contribution in [0.2, 0.25) is 0 Å². The van der Waals surface area contributed by atoms with E-state index in [4.69, 9.17) is 14.2 Å². The van der Waals surface area contributed by atoms with Crippen molar-refractivity contribution in [2.75, 3.05) is 20.0 Å². The molecule has 1 heterocycles. The molecule has 1 aromatic carbocycles. The summed E-state index contributed by atoms with van der Waals surface area (Å²) in [4.78, 5) is 15.3. The Hall–Kier alpha value is -2.65. The summed E-state index contributed by atoms with van der Waals surface area (Å²) in [6, 6.07) is 8.46. The van der Waals surface area contributed by atoms with Crippen molar-refractivity contribution in [3.8, 4) is 17.4 Å². The van der Waals surface area contributed by atoms with Crippen LogP contribution in [0.25, 0.3) is 0 Å². The Bertz CT molecular complexity index is 878. The zero-order valence-corrected chi connectivity index (χ0v) is 15.3. The van der Waals surface area contributed by atoms with Crippen LogP contribution in [0.4, 0.5) is 0 Å². The normalized spacial score (nSPS) is 12.4. The van der Waals surface area contributed by atoms with E-state index in [0.29, 0.717) is 12.4 Å².